The van der Waals surface area contributed by atoms with Crippen molar-refractivity contribution in [1.29, 1.82) is 0 Å². The normalized spacial score (nSPS) is 10.7. The molecule has 13 heteroatoms. The standard InChI is InChI=1S/C19H13FN8O2S2/c20-11-2-4-12(5-3-11)31-18-15(27-14(8-23-18)32-19-24-9-25-28-19)17(30)26-13-6-1-10(7-22-13)16(21)29/h1-9H,(H2,21,29)(H,22,26,30)(H,24,25,28). The molecular weight excluding hydrogens is 455 g/mol. The van der Waals surface area contributed by atoms with Crippen LogP contribution < -0.4 is 11.1 Å². The van der Waals surface area contributed by atoms with E-state index in [4.69, 9.17) is 5.73 Å². The van der Waals surface area contributed by atoms with Gasteiger partial charge in [-0.15, -0.1) is 0 Å². The highest BCUT2D eigenvalue weighted by molar-refractivity contribution is 7.99. The van der Waals surface area contributed by atoms with E-state index in [-0.39, 0.29) is 22.9 Å². The summed E-state index contributed by atoms with van der Waals surface area (Å²) in [5.74, 6) is -1.37. The van der Waals surface area contributed by atoms with Gasteiger partial charge in [0.2, 0.25) is 5.91 Å². The van der Waals surface area contributed by atoms with E-state index in [0.29, 0.717) is 20.1 Å². The number of nitrogens with zero attached hydrogens (tertiary/aromatic N) is 5. The summed E-state index contributed by atoms with van der Waals surface area (Å²) in [6.07, 6.45) is 4.10. The molecule has 1 aromatic carbocycles. The number of nitrogens with one attached hydrogen (secondary N) is 2. The minimum atomic E-state index is -0.628. The van der Waals surface area contributed by atoms with Crippen LogP contribution in [0.4, 0.5) is 10.2 Å². The Balaban J connectivity index is 1.62. The van der Waals surface area contributed by atoms with Gasteiger partial charge in [-0.3, -0.25) is 14.7 Å². The average molecular weight is 468 g/mol. The summed E-state index contributed by atoms with van der Waals surface area (Å²) >= 11 is 2.30. The molecule has 3 heterocycles. The van der Waals surface area contributed by atoms with Gasteiger partial charge < -0.3 is 11.1 Å². The van der Waals surface area contributed by atoms with Crippen LogP contribution in [0.5, 0.6) is 0 Å². The molecule has 0 spiro atoms. The number of aromatic nitrogens is 6. The molecule has 0 saturated heterocycles. The second-order valence-corrected chi connectivity index (χ2v) is 8.13. The third kappa shape index (κ3) is 5.25. The summed E-state index contributed by atoms with van der Waals surface area (Å²) in [6.45, 7) is 0. The van der Waals surface area contributed by atoms with Gasteiger partial charge in [0.05, 0.1) is 11.8 Å². The zero-order chi connectivity index (χ0) is 22.5. The highest BCUT2D eigenvalue weighted by atomic mass is 32.2. The maximum absolute atomic E-state index is 13.2. The zero-order valence-electron chi connectivity index (χ0n) is 16.0. The van der Waals surface area contributed by atoms with Gasteiger partial charge in [-0.2, -0.15) is 5.10 Å². The Morgan fingerprint density at radius 1 is 1.00 bits per heavy atom. The summed E-state index contributed by atoms with van der Waals surface area (Å²) in [7, 11) is 0. The number of hydrogen-bond donors (Lipinski definition) is 3. The first-order valence-electron chi connectivity index (χ1n) is 8.89. The largest absolute Gasteiger partial charge is 0.366 e. The third-order valence-electron chi connectivity index (χ3n) is 3.84. The lowest BCUT2D eigenvalue weighted by atomic mass is 10.3. The Kier molecular flexibility index (Phi) is 6.37. The van der Waals surface area contributed by atoms with Gasteiger partial charge in [0.15, 0.2) is 10.9 Å². The van der Waals surface area contributed by atoms with E-state index in [1.165, 1.54) is 43.0 Å². The minimum Gasteiger partial charge on any atom is -0.366 e. The van der Waals surface area contributed by atoms with Crippen molar-refractivity contribution in [2.45, 2.75) is 20.1 Å². The minimum absolute atomic E-state index is 0.0321. The van der Waals surface area contributed by atoms with E-state index < -0.39 is 11.8 Å². The Hall–Kier alpha value is -3.84. The number of rotatable bonds is 7. The van der Waals surface area contributed by atoms with Gasteiger partial charge in [-0.05, 0) is 48.2 Å². The monoisotopic (exact) mass is 468 g/mol. The highest BCUT2D eigenvalue weighted by Crippen LogP contribution is 2.31. The van der Waals surface area contributed by atoms with E-state index in [2.05, 4.69) is 35.5 Å². The number of amides is 2. The number of pyridine rings is 1. The lowest BCUT2D eigenvalue weighted by Crippen LogP contribution is -2.17. The molecule has 10 nitrogen and oxygen atoms in total. The lowest BCUT2D eigenvalue weighted by molar-refractivity contribution is 0.0997. The van der Waals surface area contributed by atoms with Crippen molar-refractivity contribution in [3.8, 4) is 0 Å². The summed E-state index contributed by atoms with van der Waals surface area (Å²) in [5.41, 5.74) is 5.45. The van der Waals surface area contributed by atoms with Crippen LogP contribution in [0.25, 0.3) is 0 Å². The fraction of sp³-hybridized carbons (Fsp3) is 0. The second kappa shape index (κ2) is 9.53. The van der Waals surface area contributed by atoms with Gasteiger partial charge in [0.1, 0.15) is 28.0 Å². The van der Waals surface area contributed by atoms with E-state index in [1.807, 2.05) is 0 Å². The molecule has 0 atom stereocenters. The second-order valence-electron chi connectivity index (χ2n) is 6.06. The number of anilines is 1. The van der Waals surface area contributed by atoms with E-state index in [1.54, 1.807) is 12.1 Å². The number of primary amides is 1. The smallest absolute Gasteiger partial charge is 0.278 e. The molecule has 0 aliphatic rings. The van der Waals surface area contributed by atoms with Crippen LogP contribution in [0.2, 0.25) is 0 Å². The molecule has 2 amide bonds. The number of carbonyl (C=O) groups excluding carboxylic acids is 2. The lowest BCUT2D eigenvalue weighted by Gasteiger charge is -2.10. The number of hydrogen-bond acceptors (Lipinski definition) is 9. The van der Waals surface area contributed by atoms with Crippen molar-refractivity contribution >= 4 is 41.2 Å². The fourth-order valence-electron chi connectivity index (χ4n) is 2.38. The van der Waals surface area contributed by atoms with E-state index in [9.17, 15) is 14.0 Å². The van der Waals surface area contributed by atoms with Crippen LogP contribution in [-0.4, -0.2) is 41.9 Å². The third-order valence-corrected chi connectivity index (χ3v) is 5.64. The van der Waals surface area contributed by atoms with Crippen LogP contribution in [0.1, 0.15) is 20.8 Å². The summed E-state index contributed by atoms with van der Waals surface area (Å²) in [4.78, 5) is 41.7. The van der Waals surface area contributed by atoms with Crippen molar-refractivity contribution in [3.05, 3.63) is 72.2 Å². The van der Waals surface area contributed by atoms with E-state index >= 15 is 0 Å². The van der Waals surface area contributed by atoms with Crippen LogP contribution in [0.15, 0.2) is 75.2 Å². The molecule has 160 valence electrons. The number of nitrogens with two attached hydrogens (primary N) is 1. The molecular formula is C19H13FN8O2S2. The molecule has 0 aliphatic carbocycles. The maximum Gasteiger partial charge on any atom is 0.278 e. The Morgan fingerprint density at radius 2 is 1.81 bits per heavy atom. The van der Waals surface area contributed by atoms with Gasteiger partial charge >= 0.3 is 0 Å². The molecule has 32 heavy (non-hydrogen) atoms. The average Bonchev–Trinajstić information content (AvgIpc) is 3.29. The first-order valence-corrected chi connectivity index (χ1v) is 10.5. The number of carbonyl (C=O) groups is 2. The predicted molar refractivity (Wildman–Crippen MR) is 114 cm³/mol. The van der Waals surface area contributed by atoms with Crippen molar-refractivity contribution in [2.75, 3.05) is 5.32 Å². The van der Waals surface area contributed by atoms with Gasteiger partial charge in [-0.25, -0.2) is 24.3 Å². The first-order chi connectivity index (χ1) is 15.5. The first kappa shape index (κ1) is 21.4. The van der Waals surface area contributed by atoms with Crippen molar-refractivity contribution in [3.63, 3.8) is 0 Å². The van der Waals surface area contributed by atoms with Gasteiger partial charge in [0, 0.05) is 11.1 Å². The number of benzene rings is 1. The van der Waals surface area contributed by atoms with E-state index in [0.717, 1.165) is 23.5 Å². The topological polar surface area (TPSA) is 152 Å². The summed E-state index contributed by atoms with van der Waals surface area (Å²) < 4.78 is 13.2. The number of halogens is 1. The van der Waals surface area contributed by atoms with Gasteiger partial charge in [-0.1, -0.05) is 11.8 Å². The molecule has 0 saturated carbocycles. The Morgan fingerprint density at radius 3 is 2.47 bits per heavy atom. The number of aromatic amines is 1. The Bertz CT molecular complexity index is 1250. The molecule has 0 fully saturated rings. The van der Waals surface area contributed by atoms with Gasteiger partial charge in [0.25, 0.3) is 5.91 Å². The quantitative estimate of drug-likeness (QED) is 0.372. The molecule has 4 rings (SSSR count). The van der Waals surface area contributed by atoms with Crippen LogP contribution in [0, 0.1) is 5.82 Å². The molecule has 4 aromatic rings. The molecule has 3 aromatic heterocycles. The highest BCUT2D eigenvalue weighted by Gasteiger charge is 2.19. The van der Waals surface area contributed by atoms with Crippen LogP contribution in [0.3, 0.4) is 0 Å². The molecule has 0 aliphatic heterocycles. The molecule has 0 unspecified atom stereocenters. The maximum atomic E-state index is 13.2. The van der Waals surface area contributed by atoms with Crippen LogP contribution in [-0.2, 0) is 0 Å². The zero-order valence-corrected chi connectivity index (χ0v) is 17.7. The number of H-pyrrole nitrogens is 1. The SMILES string of the molecule is NC(=O)c1ccc(NC(=O)c2nc(Sc3ncn[nH]3)cnc2Sc2ccc(F)cc2)nc1. The molecule has 0 radical (unpaired) electrons. The summed E-state index contributed by atoms with van der Waals surface area (Å²) in [5, 5.41) is 10.3. The van der Waals surface area contributed by atoms with Crippen LogP contribution >= 0.6 is 23.5 Å². The summed E-state index contributed by atoms with van der Waals surface area (Å²) in [6, 6.07) is 8.67. The van der Waals surface area contributed by atoms with Crippen molar-refractivity contribution < 1.29 is 14.0 Å². The van der Waals surface area contributed by atoms with Crippen molar-refractivity contribution in [2.24, 2.45) is 5.73 Å². The predicted octanol–water partition coefficient (Wildman–Crippen LogP) is 2.78. The Labute approximate surface area is 188 Å². The fourth-order valence-corrected chi connectivity index (χ4v) is 3.85. The molecule has 4 N–H and O–H groups in total. The molecule has 0 bridgehead atoms. The van der Waals surface area contributed by atoms with Crippen molar-refractivity contribution in [1.82, 2.24) is 30.1 Å².